The Hall–Kier alpha value is -1.36. The lowest BCUT2D eigenvalue weighted by atomic mass is 9.94. The first-order valence-corrected chi connectivity index (χ1v) is 11.8. The van der Waals surface area contributed by atoms with Crippen LogP contribution in [0.1, 0.15) is 25.0 Å². The molecule has 0 radical (unpaired) electrons. The predicted octanol–water partition coefficient (Wildman–Crippen LogP) is 4.91. The molecule has 0 heterocycles. The third kappa shape index (κ3) is 5.34. The van der Waals surface area contributed by atoms with Gasteiger partial charge in [-0.3, -0.25) is 4.57 Å². The summed E-state index contributed by atoms with van der Waals surface area (Å²) in [5.41, 5.74) is -0.358. The second-order valence-electron chi connectivity index (χ2n) is 5.87. The van der Waals surface area contributed by atoms with E-state index in [1.807, 2.05) is 48.5 Å². The van der Waals surface area contributed by atoms with E-state index in [4.69, 9.17) is 9.05 Å². The largest absolute Gasteiger partial charge is 0.842 e. The van der Waals surface area contributed by atoms with Crippen molar-refractivity contribution in [2.75, 3.05) is 19.5 Å². The standard InChI is InChI=1S/C21H26O4PS/c1-4-24-26(23,25-5-2)20(27-3)21(22,19-14-10-7-11-15-19)17-16-18-12-8-6-9-13-18/h6-17,20H,4-5H2,1-3H3/q-1/b17-16+. The molecule has 0 fully saturated rings. The molecule has 6 heteroatoms. The molecule has 2 aromatic carbocycles. The molecule has 2 rings (SSSR count). The van der Waals surface area contributed by atoms with Crippen LogP contribution in [0.5, 0.6) is 0 Å². The summed E-state index contributed by atoms with van der Waals surface area (Å²) >= 11 is 1.22. The smallest absolute Gasteiger partial charge is 0.343 e. The molecule has 146 valence electrons. The van der Waals surface area contributed by atoms with E-state index in [0.29, 0.717) is 5.56 Å². The molecule has 0 amide bonds. The van der Waals surface area contributed by atoms with E-state index >= 15 is 0 Å². The van der Waals surface area contributed by atoms with E-state index in [1.54, 1.807) is 44.4 Å². The fraction of sp³-hybridized carbons (Fsp3) is 0.333. The summed E-state index contributed by atoms with van der Waals surface area (Å²) in [4.78, 5) is -0.924. The highest BCUT2D eigenvalue weighted by molar-refractivity contribution is 8.05. The maximum Gasteiger partial charge on any atom is 0.343 e. The van der Waals surface area contributed by atoms with Crippen molar-refractivity contribution in [3.05, 3.63) is 77.9 Å². The summed E-state index contributed by atoms with van der Waals surface area (Å²) in [6.07, 6.45) is 5.11. The fourth-order valence-corrected chi connectivity index (χ4v) is 6.61. The van der Waals surface area contributed by atoms with Crippen molar-refractivity contribution in [1.29, 1.82) is 0 Å². The van der Waals surface area contributed by atoms with Gasteiger partial charge < -0.3 is 14.2 Å². The summed E-state index contributed by atoms with van der Waals surface area (Å²) in [6.45, 7) is 3.92. The van der Waals surface area contributed by atoms with Crippen LogP contribution >= 0.6 is 19.4 Å². The minimum Gasteiger partial charge on any atom is -0.842 e. The van der Waals surface area contributed by atoms with Crippen molar-refractivity contribution in [1.82, 2.24) is 0 Å². The monoisotopic (exact) mass is 405 g/mol. The van der Waals surface area contributed by atoms with Crippen molar-refractivity contribution in [2.45, 2.75) is 24.4 Å². The molecule has 2 unspecified atom stereocenters. The zero-order chi connectivity index (χ0) is 19.8. The lowest BCUT2D eigenvalue weighted by molar-refractivity contribution is -0.463. The SMILES string of the molecule is CCOP(=O)(OCC)C(SC)C([O-])(/C=C/c1ccccc1)c1ccccc1. The maximum atomic E-state index is 14.2. The molecule has 0 bridgehead atoms. The minimum atomic E-state index is -3.64. The number of rotatable bonds is 10. The molecular weight excluding hydrogens is 379 g/mol. The van der Waals surface area contributed by atoms with Gasteiger partial charge in [0, 0.05) is 0 Å². The Balaban J connectivity index is 2.56. The van der Waals surface area contributed by atoms with Gasteiger partial charge >= 0.3 is 7.60 Å². The molecule has 2 atom stereocenters. The van der Waals surface area contributed by atoms with Crippen LogP contribution in [0.15, 0.2) is 66.7 Å². The Morgan fingerprint density at radius 3 is 2.04 bits per heavy atom. The van der Waals surface area contributed by atoms with Crippen LogP contribution in [0.3, 0.4) is 0 Å². The Bertz CT molecular complexity index is 756. The van der Waals surface area contributed by atoms with Crippen molar-refractivity contribution in [3.8, 4) is 0 Å². The fourth-order valence-electron chi connectivity index (χ4n) is 2.88. The van der Waals surface area contributed by atoms with Crippen LogP contribution in [-0.2, 0) is 19.2 Å². The molecular formula is C21H26O4PS-. The van der Waals surface area contributed by atoms with Gasteiger partial charge in [-0.25, -0.2) is 0 Å². The summed E-state index contributed by atoms with van der Waals surface area (Å²) in [6, 6.07) is 18.6. The van der Waals surface area contributed by atoms with Gasteiger partial charge in [0.1, 0.15) is 4.99 Å². The summed E-state index contributed by atoms with van der Waals surface area (Å²) < 4.78 is 24.5. The van der Waals surface area contributed by atoms with E-state index < -0.39 is 18.2 Å². The first kappa shape index (κ1) is 21.9. The lowest BCUT2D eigenvalue weighted by Gasteiger charge is -2.46. The molecule has 0 aliphatic heterocycles. The van der Waals surface area contributed by atoms with Crippen LogP contribution in [-0.4, -0.2) is 24.5 Å². The van der Waals surface area contributed by atoms with Gasteiger partial charge in [0.2, 0.25) is 0 Å². The second-order valence-corrected chi connectivity index (χ2v) is 9.27. The third-order valence-corrected chi connectivity index (χ3v) is 8.44. The van der Waals surface area contributed by atoms with E-state index in [-0.39, 0.29) is 13.2 Å². The van der Waals surface area contributed by atoms with Gasteiger partial charge in [0.25, 0.3) is 0 Å². The van der Waals surface area contributed by atoms with Crippen LogP contribution in [0.2, 0.25) is 0 Å². The predicted molar refractivity (Wildman–Crippen MR) is 112 cm³/mol. The Kier molecular flexibility index (Phi) is 8.33. The average molecular weight is 405 g/mol. The molecule has 0 spiro atoms. The van der Waals surface area contributed by atoms with E-state index in [1.165, 1.54) is 11.8 Å². The minimum absolute atomic E-state index is 0.210. The number of hydrogen-bond donors (Lipinski definition) is 0. The average Bonchev–Trinajstić information content (AvgIpc) is 2.69. The molecule has 0 saturated carbocycles. The highest BCUT2D eigenvalue weighted by Crippen LogP contribution is 2.61. The highest BCUT2D eigenvalue weighted by Gasteiger charge is 2.43. The number of hydrogen-bond acceptors (Lipinski definition) is 5. The van der Waals surface area contributed by atoms with E-state index in [0.717, 1.165) is 5.56 Å². The van der Waals surface area contributed by atoms with Gasteiger partial charge in [0.15, 0.2) is 0 Å². The van der Waals surface area contributed by atoms with Crippen molar-refractivity contribution in [2.24, 2.45) is 0 Å². The molecule has 0 aromatic heterocycles. The molecule has 0 N–H and O–H groups in total. The second kappa shape index (κ2) is 10.3. The molecule has 0 saturated heterocycles. The Morgan fingerprint density at radius 2 is 1.56 bits per heavy atom. The van der Waals surface area contributed by atoms with Crippen LogP contribution in [0.4, 0.5) is 0 Å². The number of thioether (sulfide) groups is 1. The quantitative estimate of drug-likeness (QED) is 0.526. The van der Waals surface area contributed by atoms with E-state index in [2.05, 4.69) is 0 Å². The first-order valence-electron chi connectivity index (χ1n) is 8.92. The van der Waals surface area contributed by atoms with Crippen molar-refractivity contribution < 1.29 is 18.7 Å². The Morgan fingerprint density at radius 1 is 1.04 bits per heavy atom. The van der Waals surface area contributed by atoms with Crippen LogP contribution in [0.25, 0.3) is 6.08 Å². The molecule has 0 aliphatic carbocycles. The van der Waals surface area contributed by atoms with Gasteiger partial charge in [-0.1, -0.05) is 78.4 Å². The van der Waals surface area contributed by atoms with E-state index in [9.17, 15) is 9.67 Å². The molecule has 2 aromatic rings. The van der Waals surface area contributed by atoms with Gasteiger partial charge in [-0.05, 0) is 31.3 Å². The van der Waals surface area contributed by atoms with Crippen molar-refractivity contribution >= 4 is 25.4 Å². The van der Waals surface area contributed by atoms with Gasteiger partial charge in [-0.2, -0.15) is 0 Å². The van der Waals surface area contributed by atoms with Crippen LogP contribution in [0, 0.1) is 0 Å². The summed E-state index contributed by atoms with van der Waals surface area (Å²) in [5.74, 6) is 0. The maximum absolute atomic E-state index is 14.2. The zero-order valence-corrected chi connectivity index (χ0v) is 17.6. The van der Waals surface area contributed by atoms with Crippen molar-refractivity contribution in [3.63, 3.8) is 0 Å². The topological polar surface area (TPSA) is 58.6 Å². The highest BCUT2D eigenvalue weighted by atomic mass is 32.2. The van der Waals surface area contributed by atoms with Gasteiger partial charge in [-0.15, -0.1) is 11.8 Å². The molecule has 0 aliphatic rings. The molecule has 27 heavy (non-hydrogen) atoms. The van der Waals surface area contributed by atoms with Gasteiger partial charge in [0.05, 0.1) is 13.2 Å². The third-order valence-electron chi connectivity index (χ3n) is 4.04. The summed E-state index contributed by atoms with van der Waals surface area (Å²) in [7, 11) is -3.64. The van der Waals surface area contributed by atoms with Crippen LogP contribution < -0.4 is 5.11 Å². The zero-order valence-electron chi connectivity index (χ0n) is 15.9. The number of benzene rings is 2. The first-order chi connectivity index (χ1) is 13.0. The summed E-state index contributed by atoms with van der Waals surface area (Å²) in [5, 5.41) is 14.2. The molecule has 4 nitrogen and oxygen atoms in total. The lowest BCUT2D eigenvalue weighted by Crippen LogP contribution is -2.48. The Labute approximate surface area is 166 Å². The normalized spacial score (nSPS) is 15.6.